The SMILES string of the molecule is CCC(c1nc2ccccc2n1CCN)N(C)C. The highest BCUT2D eigenvalue weighted by molar-refractivity contribution is 5.76. The van der Waals surface area contributed by atoms with Gasteiger partial charge in [0.1, 0.15) is 5.82 Å². The van der Waals surface area contributed by atoms with Crippen LogP contribution >= 0.6 is 0 Å². The van der Waals surface area contributed by atoms with E-state index in [9.17, 15) is 0 Å². The lowest BCUT2D eigenvalue weighted by Gasteiger charge is -2.23. The van der Waals surface area contributed by atoms with Crippen molar-refractivity contribution in [2.24, 2.45) is 5.73 Å². The van der Waals surface area contributed by atoms with E-state index in [1.165, 1.54) is 5.52 Å². The van der Waals surface area contributed by atoms with E-state index in [0.29, 0.717) is 12.6 Å². The Balaban J connectivity index is 2.57. The molecule has 2 rings (SSSR count). The van der Waals surface area contributed by atoms with Crippen molar-refractivity contribution in [3.8, 4) is 0 Å². The van der Waals surface area contributed by atoms with Crippen molar-refractivity contribution in [1.29, 1.82) is 0 Å². The van der Waals surface area contributed by atoms with Crippen molar-refractivity contribution in [2.75, 3.05) is 20.6 Å². The van der Waals surface area contributed by atoms with Crippen LogP contribution in [-0.4, -0.2) is 35.1 Å². The lowest BCUT2D eigenvalue weighted by molar-refractivity contribution is 0.273. The van der Waals surface area contributed by atoms with Crippen LogP contribution in [0.3, 0.4) is 0 Å². The van der Waals surface area contributed by atoms with Crippen LogP contribution in [0.25, 0.3) is 11.0 Å². The third-order valence-electron chi connectivity index (χ3n) is 3.34. The second-order valence-corrected chi connectivity index (χ2v) is 4.79. The van der Waals surface area contributed by atoms with Crippen LogP contribution in [0, 0.1) is 0 Å². The van der Waals surface area contributed by atoms with Crippen molar-refractivity contribution < 1.29 is 0 Å². The van der Waals surface area contributed by atoms with Gasteiger partial charge in [-0.2, -0.15) is 0 Å². The highest BCUT2D eigenvalue weighted by Crippen LogP contribution is 2.25. The monoisotopic (exact) mass is 246 g/mol. The quantitative estimate of drug-likeness (QED) is 0.878. The maximum Gasteiger partial charge on any atom is 0.127 e. The van der Waals surface area contributed by atoms with Gasteiger partial charge < -0.3 is 10.3 Å². The molecule has 0 aliphatic carbocycles. The van der Waals surface area contributed by atoms with Gasteiger partial charge in [-0.25, -0.2) is 4.98 Å². The molecule has 0 saturated carbocycles. The number of hydrogen-bond acceptors (Lipinski definition) is 3. The number of benzene rings is 1. The molecule has 0 saturated heterocycles. The number of nitrogens with zero attached hydrogens (tertiary/aromatic N) is 3. The average molecular weight is 246 g/mol. The van der Waals surface area contributed by atoms with E-state index >= 15 is 0 Å². The minimum atomic E-state index is 0.337. The molecule has 0 amide bonds. The Bertz CT molecular complexity index is 515. The minimum absolute atomic E-state index is 0.337. The Morgan fingerprint density at radius 3 is 2.67 bits per heavy atom. The molecule has 0 bridgehead atoms. The number of para-hydroxylation sites is 2. The first-order chi connectivity index (χ1) is 8.69. The fraction of sp³-hybridized carbons (Fsp3) is 0.500. The van der Waals surface area contributed by atoms with Crippen molar-refractivity contribution >= 4 is 11.0 Å². The van der Waals surface area contributed by atoms with E-state index in [4.69, 9.17) is 10.7 Å². The summed E-state index contributed by atoms with van der Waals surface area (Å²) in [6, 6.07) is 8.60. The molecule has 0 aliphatic heterocycles. The smallest absolute Gasteiger partial charge is 0.127 e. The first-order valence-corrected chi connectivity index (χ1v) is 6.50. The van der Waals surface area contributed by atoms with E-state index in [1.54, 1.807) is 0 Å². The third kappa shape index (κ3) is 2.26. The zero-order chi connectivity index (χ0) is 13.1. The van der Waals surface area contributed by atoms with Gasteiger partial charge in [-0.1, -0.05) is 19.1 Å². The van der Waals surface area contributed by atoms with Crippen molar-refractivity contribution in [1.82, 2.24) is 14.5 Å². The maximum absolute atomic E-state index is 5.74. The van der Waals surface area contributed by atoms with Crippen LogP contribution < -0.4 is 5.73 Å². The summed E-state index contributed by atoms with van der Waals surface area (Å²) in [4.78, 5) is 7.01. The molecule has 1 unspecified atom stereocenters. The Labute approximate surface area is 108 Å². The lowest BCUT2D eigenvalue weighted by Crippen LogP contribution is -2.24. The third-order valence-corrected chi connectivity index (χ3v) is 3.34. The zero-order valence-electron chi connectivity index (χ0n) is 11.4. The molecule has 2 N–H and O–H groups in total. The molecule has 18 heavy (non-hydrogen) atoms. The molecule has 0 fully saturated rings. The van der Waals surface area contributed by atoms with E-state index < -0.39 is 0 Å². The van der Waals surface area contributed by atoms with Crippen LogP contribution in [-0.2, 0) is 6.54 Å². The Hall–Kier alpha value is -1.39. The number of aromatic nitrogens is 2. The van der Waals surface area contributed by atoms with Gasteiger partial charge in [0.2, 0.25) is 0 Å². The molecule has 0 radical (unpaired) electrons. The lowest BCUT2D eigenvalue weighted by atomic mass is 10.2. The average Bonchev–Trinajstić information content (AvgIpc) is 2.70. The summed E-state index contributed by atoms with van der Waals surface area (Å²) in [5, 5.41) is 0. The topological polar surface area (TPSA) is 47.1 Å². The fourth-order valence-corrected chi connectivity index (χ4v) is 2.49. The molecule has 0 aliphatic rings. The summed E-state index contributed by atoms with van der Waals surface area (Å²) in [7, 11) is 4.20. The summed E-state index contributed by atoms with van der Waals surface area (Å²) in [5.41, 5.74) is 7.97. The Morgan fingerprint density at radius 2 is 2.06 bits per heavy atom. The van der Waals surface area contributed by atoms with Gasteiger partial charge >= 0.3 is 0 Å². The largest absolute Gasteiger partial charge is 0.329 e. The summed E-state index contributed by atoms with van der Waals surface area (Å²) in [6.45, 7) is 3.65. The van der Waals surface area contributed by atoms with Gasteiger partial charge in [0.15, 0.2) is 0 Å². The van der Waals surface area contributed by atoms with Crippen LogP contribution in [0.15, 0.2) is 24.3 Å². The second kappa shape index (κ2) is 5.50. The van der Waals surface area contributed by atoms with Crippen molar-refractivity contribution in [3.63, 3.8) is 0 Å². The van der Waals surface area contributed by atoms with E-state index in [0.717, 1.165) is 24.3 Å². The summed E-state index contributed by atoms with van der Waals surface area (Å²) < 4.78 is 2.25. The van der Waals surface area contributed by atoms with Crippen LogP contribution in [0.2, 0.25) is 0 Å². The number of rotatable bonds is 5. The highest BCUT2D eigenvalue weighted by Gasteiger charge is 2.19. The first kappa shape index (κ1) is 13.1. The standard InChI is InChI=1S/C14H22N4/c1-4-12(17(2)3)14-16-11-7-5-6-8-13(11)18(14)10-9-15/h5-8,12H,4,9-10,15H2,1-3H3. The predicted octanol–water partition coefficient (Wildman–Crippen LogP) is 2.01. The number of nitrogens with two attached hydrogens (primary N) is 1. The van der Waals surface area contributed by atoms with Crippen LogP contribution in [0.5, 0.6) is 0 Å². The summed E-state index contributed by atoms with van der Waals surface area (Å²) in [6.07, 6.45) is 1.04. The molecule has 1 aromatic carbocycles. The second-order valence-electron chi connectivity index (χ2n) is 4.79. The van der Waals surface area contributed by atoms with Gasteiger partial charge in [0, 0.05) is 13.1 Å². The number of fused-ring (bicyclic) bond motifs is 1. The van der Waals surface area contributed by atoms with Gasteiger partial charge in [0.25, 0.3) is 0 Å². The molecule has 4 heteroatoms. The van der Waals surface area contributed by atoms with Gasteiger partial charge in [-0.15, -0.1) is 0 Å². The van der Waals surface area contributed by atoms with Gasteiger partial charge in [-0.3, -0.25) is 4.90 Å². The molecule has 98 valence electrons. The predicted molar refractivity (Wildman–Crippen MR) is 75.5 cm³/mol. The number of imidazole rings is 1. The first-order valence-electron chi connectivity index (χ1n) is 6.50. The molecule has 2 aromatic rings. The van der Waals surface area contributed by atoms with Gasteiger partial charge in [0.05, 0.1) is 17.1 Å². The molecule has 0 spiro atoms. The fourth-order valence-electron chi connectivity index (χ4n) is 2.49. The molecule has 1 atom stereocenters. The maximum atomic E-state index is 5.74. The van der Waals surface area contributed by atoms with Crippen molar-refractivity contribution in [3.05, 3.63) is 30.1 Å². The van der Waals surface area contributed by atoms with Crippen LogP contribution in [0.4, 0.5) is 0 Å². The van der Waals surface area contributed by atoms with Crippen molar-refractivity contribution in [2.45, 2.75) is 25.9 Å². The van der Waals surface area contributed by atoms with E-state index in [2.05, 4.69) is 48.7 Å². The van der Waals surface area contributed by atoms with Crippen LogP contribution in [0.1, 0.15) is 25.2 Å². The van der Waals surface area contributed by atoms with Gasteiger partial charge in [-0.05, 0) is 32.6 Å². The Morgan fingerprint density at radius 1 is 1.33 bits per heavy atom. The summed E-state index contributed by atoms with van der Waals surface area (Å²) >= 11 is 0. The molecule has 1 heterocycles. The molecule has 4 nitrogen and oxygen atoms in total. The molecular formula is C14H22N4. The highest BCUT2D eigenvalue weighted by atomic mass is 15.2. The molecular weight excluding hydrogens is 224 g/mol. The zero-order valence-corrected chi connectivity index (χ0v) is 11.4. The van der Waals surface area contributed by atoms with E-state index in [-0.39, 0.29) is 0 Å². The minimum Gasteiger partial charge on any atom is -0.329 e. The molecule has 1 aromatic heterocycles. The Kier molecular flexibility index (Phi) is 3.99. The normalized spacial score (nSPS) is 13.4. The number of hydrogen-bond donors (Lipinski definition) is 1. The van der Waals surface area contributed by atoms with E-state index in [1.807, 2.05) is 6.07 Å². The summed E-state index contributed by atoms with van der Waals surface area (Å²) in [5.74, 6) is 1.12.